The Kier molecular flexibility index (Phi) is 6.26. The Morgan fingerprint density at radius 3 is 2.85 bits per heavy atom. The van der Waals surface area contributed by atoms with E-state index in [1.54, 1.807) is 11.3 Å². The molecule has 3 rings (SSSR count). The Hall–Kier alpha value is -1.51. The van der Waals surface area contributed by atoms with Gasteiger partial charge in [-0.05, 0) is 63.4 Å². The van der Waals surface area contributed by atoms with Crippen molar-refractivity contribution >= 4 is 29.5 Å². The molecule has 0 atom stereocenters. The highest BCUT2D eigenvalue weighted by atomic mass is 32.1. The number of H-pyrrole nitrogens is 1. The number of carbonyl (C=O) groups is 1. The number of hydrogen-bond donors (Lipinski definition) is 2. The number of likely N-dealkylation sites (tertiary alicyclic amines) is 1. The van der Waals surface area contributed by atoms with Crippen molar-refractivity contribution in [3.05, 3.63) is 22.3 Å². The van der Waals surface area contributed by atoms with Crippen molar-refractivity contribution in [1.82, 2.24) is 25.0 Å². The average Bonchev–Trinajstić information content (AvgIpc) is 3.29. The summed E-state index contributed by atoms with van der Waals surface area (Å²) in [7, 11) is 0. The third-order valence-electron chi connectivity index (χ3n) is 4.99. The van der Waals surface area contributed by atoms with Crippen LogP contribution >= 0.6 is 23.6 Å². The summed E-state index contributed by atoms with van der Waals surface area (Å²) in [5.41, 5.74) is -0.00975. The minimum atomic E-state index is -0.00975. The molecule has 1 aliphatic heterocycles. The fraction of sp³-hybridized carbons (Fsp3) is 0.611. The monoisotopic (exact) mass is 393 g/mol. The second-order valence-electron chi connectivity index (χ2n) is 7.37. The molecular formula is C18H27N5OS2. The lowest BCUT2D eigenvalue weighted by atomic mass is 9.98. The zero-order valence-electron chi connectivity index (χ0n) is 15.5. The van der Waals surface area contributed by atoms with Gasteiger partial charge in [-0.3, -0.25) is 19.4 Å². The number of aromatic nitrogens is 3. The van der Waals surface area contributed by atoms with Gasteiger partial charge in [-0.1, -0.05) is 12.5 Å². The summed E-state index contributed by atoms with van der Waals surface area (Å²) >= 11 is 6.93. The third kappa shape index (κ3) is 4.61. The molecular weight excluding hydrogens is 366 g/mol. The predicted molar refractivity (Wildman–Crippen MR) is 108 cm³/mol. The Labute approximate surface area is 163 Å². The largest absolute Gasteiger partial charge is 0.354 e. The Balaban J connectivity index is 1.53. The SMILES string of the molecule is CC(C)(CNC(=O)CCn1c(-c2cccs2)n[nH]c1=S)N1CCCCC1. The van der Waals surface area contributed by atoms with Gasteiger partial charge in [0.2, 0.25) is 5.91 Å². The van der Waals surface area contributed by atoms with Crippen LogP contribution in [-0.4, -0.2) is 50.7 Å². The van der Waals surface area contributed by atoms with Crippen molar-refractivity contribution in [2.75, 3.05) is 19.6 Å². The van der Waals surface area contributed by atoms with Crippen LogP contribution in [0.25, 0.3) is 10.7 Å². The molecule has 1 amide bonds. The maximum atomic E-state index is 12.4. The number of thiophene rings is 1. The van der Waals surface area contributed by atoms with E-state index in [9.17, 15) is 4.79 Å². The summed E-state index contributed by atoms with van der Waals surface area (Å²) in [6.45, 7) is 7.85. The maximum Gasteiger partial charge on any atom is 0.221 e. The standard InChI is InChI=1S/C18H27N5OS2/c1-18(2,22-9-4-3-5-10-22)13-19-15(24)8-11-23-16(20-21-17(23)25)14-7-6-12-26-14/h6-7,12H,3-5,8-11,13H2,1-2H3,(H,19,24)(H,21,25). The van der Waals surface area contributed by atoms with Gasteiger partial charge in [0.05, 0.1) is 4.88 Å². The van der Waals surface area contributed by atoms with Gasteiger partial charge in [-0.2, -0.15) is 5.10 Å². The smallest absolute Gasteiger partial charge is 0.221 e. The fourth-order valence-corrected chi connectivity index (χ4v) is 4.29. The zero-order chi connectivity index (χ0) is 18.6. The first-order chi connectivity index (χ1) is 12.5. The van der Waals surface area contributed by atoms with E-state index in [-0.39, 0.29) is 11.4 Å². The molecule has 0 saturated carbocycles. The van der Waals surface area contributed by atoms with E-state index in [2.05, 4.69) is 34.3 Å². The molecule has 0 bridgehead atoms. The van der Waals surface area contributed by atoms with Crippen LogP contribution in [0.5, 0.6) is 0 Å². The van der Waals surface area contributed by atoms with Gasteiger partial charge in [0, 0.05) is 25.0 Å². The van der Waals surface area contributed by atoms with Crippen molar-refractivity contribution in [3.8, 4) is 10.7 Å². The first-order valence-corrected chi connectivity index (χ1v) is 10.5. The van der Waals surface area contributed by atoms with Gasteiger partial charge >= 0.3 is 0 Å². The lowest BCUT2D eigenvalue weighted by Crippen LogP contribution is -2.53. The number of hydrogen-bond acceptors (Lipinski definition) is 5. The summed E-state index contributed by atoms with van der Waals surface area (Å²) in [6.07, 6.45) is 4.21. The lowest BCUT2D eigenvalue weighted by Gasteiger charge is -2.41. The van der Waals surface area contributed by atoms with Gasteiger partial charge < -0.3 is 5.32 Å². The van der Waals surface area contributed by atoms with Crippen molar-refractivity contribution < 1.29 is 4.79 Å². The highest BCUT2D eigenvalue weighted by molar-refractivity contribution is 7.71. The van der Waals surface area contributed by atoms with E-state index in [0.29, 0.717) is 24.3 Å². The molecule has 8 heteroatoms. The number of amides is 1. The number of nitrogens with one attached hydrogen (secondary N) is 2. The van der Waals surface area contributed by atoms with Crippen LogP contribution in [0.3, 0.4) is 0 Å². The molecule has 2 aromatic heterocycles. The topological polar surface area (TPSA) is 66.0 Å². The number of piperidine rings is 1. The third-order valence-corrected chi connectivity index (χ3v) is 6.17. The molecule has 26 heavy (non-hydrogen) atoms. The molecule has 1 aliphatic rings. The molecule has 0 aliphatic carbocycles. The predicted octanol–water partition coefficient (Wildman–Crippen LogP) is 3.44. The van der Waals surface area contributed by atoms with E-state index in [0.717, 1.165) is 23.8 Å². The van der Waals surface area contributed by atoms with E-state index in [1.807, 2.05) is 22.1 Å². The average molecular weight is 394 g/mol. The number of carbonyl (C=O) groups excluding carboxylic acids is 1. The highest BCUT2D eigenvalue weighted by Crippen LogP contribution is 2.23. The molecule has 6 nitrogen and oxygen atoms in total. The van der Waals surface area contributed by atoms with Gasteiger partial charge in [0.25, 0.3) is 0 Å². The molecule has 2 aromatic rings. The summed E-state index contributed by atoms with van der Waals surface area (Å²) in [5.74, 6) is 0.849. The van der Waals surface area contributed by atoms with E-state index in [4.69, 9.17) is 12.2 Å². The van der Waals surface area contributed by atoms with Gasteiger partial charge in [0.15, 0.2) is 10.6 Å². The second-order valence-corrected chi connectivity index (χ2v) is 8.70. The van der Waals surface area contributed by atoms with Gasteiger partial charge in [-0.25, -0.2) is 0 Å². The van der Waals surface area contributed by atoms with Crippen molar-refractivity contribution in [3.63, 3.8) is 0 Å². The van der Waals surface area contributed by atoms with Crippen LogP contribution in [0.2, 0.25) is 0 Å². The quantitative estimate of drug-likeness (QED) is 0.707. The molecule has 0 aromatic carbocycles. The fourth-order valence-electron chi connectivity index (χ4n) is 3.35. The molecule has 3 heterocycles. The van der Waals surface area contributed by atoms with Gasteiger partial charge in [-0.15, -0.1) is 11.3 Å². The normalized spacial score (nSPS) is 15.9. The highest BCUT2D eigenvalue weighted by Gasteiger charge is 2.28. The van der Waals surface area contributed by atoms with Gasteiger partial charge in [0.1, 0.15) is 0 Å². The molecule has 2 N–H and O–H groups in total. The first-order valence-electron chi connectivity index (χ1n) is 9.18. The Morgan fingerprint density at radius 1 is 1.38 bits per heavy atom. The minimum Gasteiger partial charge on any atom is -0.354 e. The van der Waals surface area contributed by atoms with Crippen LogP contribution in [0.1, 0.15) is 39.5 Å². The van der Waals surface area contributed by atoms with Crippen molar-refractivity contribution in [1.29, 1.82) is 0 Å². The first kappa shape index (κ1) is 19.3. The van der Waals surface area contributed by atoms with Crippen molar-refractivity contribution in [2.24, 2.45) is 0 Å². The van der Waals surface area contributed by atoms with Crippen LogP contribution in [0.4, 0.5) is 0 Å². The molecule has 0 unspecified atom stereocenters. The zero-order valence-corrected chi connectivity index (χ0v) is 17.1. The van der Waals surface area contributed by atoms with Crippen LogP contribution in [0.15, 0.2) is 17.5 Å². The summed E-state index contributed by atoms with van der Waals surface area (Å²) in [5, 5.41) is 12.2. The molecule has 0 spiro atoms. The van der Waals surface area contributed by atoms with Crippen LogP contribution in [0, 0.1) is 4.77 Å². The van der Waals surface area contributed by atoms with E-state index >= 15 is 0 Å². The molecule has 142 valence electrons. The van der Waals surface area contributed by atoms with E-state index < -0.39 is 0 Å². The molecule has 1 fully saturated rings. The molecule has 0 radical (unpaired) electrons. The maximum absolute atomic E-state index is 12.4. The summed E-state index contributed by atoms with van der Waals surface area (Å²) < 4.78 is 2.45. The summed E-state index contributed by atoms with van der Waals surface area (Å²) in [4.78, 5) is 15.9. The lowest BCUT2D eigenvalue weighted by molar-refractivity contribution is -0.121. The van der Waals surface area contributed by atoms with E-state index in [1.165, 1.54) is 19.3 Å². The number of aromatic amines is 1. The molecule has 1 saturated heterocycles. The Morgan fingerprint density at radius 2 is 2.15 bits per heavy atom. The number of rotatable bonds is 7. The second kappa shape index (κ2) is 8.45. The minimum absolute atomic E-state index is 0.00975. The summed E-state index contributed by atoms with van der Waals surface area (Å²) in [6, 6.07) is 3.99. The Bertz CT molecular complexity index is 772. The van der Waals surface area contributed by atoms with Crippen LogP contribution < -0.4 is 5.32 Å². The number of nitrogens with zero attached hydrogens (tertiary/aromatic N) is 3. The van der Waals surface area contributed by atoms with Crippen molar-refractivity contribution in [2.45, 2.75) is 51.6 Å². The van der Waals surface area contributed by atoms with Crippen LogP contribution in [-0.2, 0) is 11.3 Å².